The van der Waals surface area contributed by atoms with Crippen molar-refractivity contribution < 1.29 is 0 Å². The van der Waals surface area contributed by atoms with Gasteiger partial charge in [-0.2, -0.15) is 5.10 Å². The molecule has 7 heteroatoms. The minimum atomic E-state index is 0.387. The number of benzene rings is 1. The Morgan fingerprint density at radius 1 is 1.27 bits per heavy atom. The number of thiophene rings is 1. The molecule has 0 fully saturated rings. The van der Waals surface area contributed by atoms with Crippen molar-refractivity contribution in [3.8, 4) is 11.4 Å². The molecule has 1 aromatic carbocycles. The zero-order valence-electron chi connectivity index (χ0n) is 14.9. The second-order valence-corrected chi connectivity index (χ2v) is 8.34. The third-order valence-corrected chi connectivity index (χ3v) is 6.74. The summed E-state index contributed by atoms with van der Waals surface area (Å²) in [5.41, 5.74) is 2.48. The molecule has 0 saturated carbocycles. The van der Waals surface area contributed by atoms with Crippen LogP contribution in [0.25, 0.3) is 11.4 Å². The lowest BCUT2D eigenvalue weighted by atomic mass is 10.0. The fourth-order valence-electron chi connectivity index (χ4n) is 3.56. The normalized spacial score (nSPS) is 17.4. The van der Waals surface area contributed by atoms with Crippen LogP contribution in [-0.2, 0) is 19.6 Å². The van der Waals surface area contributed by atoms with Crippen molar-refractivity contribution in [2.75, 3.05) is 6.54 Å². The summed E-state index contributed by atoms with van der Waals surface area (Å²) in [6, 6.07) is 10.4. The molecule has 0 unspecified atom stereocenters. The Labute approximate surface area is 167 Å². The fraction of sp³-hybridized carbons (Fsp3) is 0.368. The molecule has 2 aromatic heterocycles. The van der Waals surface area contributed by atoms with E-state index in [0.717, 1.165) is 40.7 Å². The van der Waals surface area contributed by atoms with E-state index in [0.29, 0.717) is 12.7 Å². The van der Waals surface area contributed by atoms with Gasteiger partial charge in [0.15, 0.2) is 10.6 Å². The Kier molecular flexibility index (Phi) is 5.01. The maximum absolute atomic E-state index is 6.03. The van der Waals surface area contributed by atoms with Crippen molar-refractivity contribution in [2.24, 2.45) is 0 Å². The van der Waals surface area contributed by atoms with Crippen LogP contribution < -0.4 is 0 Å². The zero-order chi connectivity index (χ0) is 18.3. The van der Waals surface area contributed by atoms with Crippen LogP contribution in [0.5, 0.6) is 0 Å². The molecule has 136 valence electrons. The van der Waals surface area contributed by atoms with E-state index >= 15 is 0 Å². The molecular formula is C19H21ClN4S2. The smallest absolute Gasteiger partial charge is 0.199 e. The first-order valence-corrected chi connectivity index (χ1v) is 10.5. The molecule has 1 atom stereocenters. The molecule has 0 amide bonds. The first-order valence-electron chi connectivity index (χ1n) is 8.82. The highest BCUT2D eigenvalue weighted by atomic mass is 35.5. The highest BCUT2D eigenvalue weighted by molar-refractivity contribution is 7.71. The quantitative estimate of drug-likeness (QED) is 0.545. The minimum Gasteiger partial charge on any atom is -0.300 e. The summed E-state index contributed by atoms with van der Waals surface area (Å²) in [5, 5.41) is 7.77. The van der Waals surface area contributed by atoms with Gasteiger partial charge in [-0.05, 0) is 73.8 Å². The maximum Gasteiger partial charge on any atom is 0.199 e. The highest BCUT2D eigenvalue weighted by Gasteiger charge is 2.25. The van der Waals surface area contributed by atoms with Crippen LogP contribution >= 0.6 is 35.2 Å². The third kappa shape index (κ3) is 3.16. The van der Waals surface area contributed by atoms with Crippen molar-refractivity contribution in [1.29, 1.82) is 0 Å². The average Bonchev–Trinajstić information content (AvgIpc) is 3.23. The van der Waals surface area contributed by atoms with Crippen LogP contribution in [0.3, 0.4) is 0 Å². The predicted molar refractivity (Wildman–Crippen MR) is 110 cm³/mol. The van der Waals surface area contributed by atoms with Gasteiger partial charge < -0.3 is 4.57 Å². The van der Waals surface area contributed by atoms with Crippen LogP contribution in [0, 0.1) is 4.77 Å². The Balaban J connectivity index is 1.66. The fourth-order valence-corrected chi connectivity index (χ4v) is 4.96. The van der Waals surface area contributed by atoms with Gasteiger partial charge in [0, 0.05) is 34.6 Å². The Morgan fingerprint density at radius 2 is 2.04 bits per heavy atom. The molecule has 0 spiro atoms. The van der Waals surface area contributed by atoms with Crippen LogP contribution in [0.2, 0.25) is 5.02 Å². The monoisotopic (exact) mass is 404 g/mol. The lowest BCUT2D eigenvalue weighted by Crippen LogP contribution is -2.35. The second kappa shape index (κ2) is 7.27. The van der Waals surface area contributed by atoms with Gasteiger partial charge in [-0.3, -0.25) is 4.90 Å². The summed E-state index contributed by atoms with van der Waals surface area (Å²) in [5.74, 6) is 0.898. The van der Waals surface area contributed by atoms with E-state index in [1.165, 1.54) is 10.4 Å². The topological polar surface area (TPSA) is 26.0 Å². The summed E-state index contributed by atoms with van der Waals surface area (Å²) in [7, 11) is 0. The van der Waals surface area contributed by atoms with E-state index in [1.54, 1.807) is 0 Å². The van der Waals surface area contributed by atoms with Gasteiger partial charge in [0.1, 0.15) is 0 Å². The predicted octanol–water partition coefficient (Wildman–Crippen LogP) is 5.39. The Bertz CT molecular complexity index is 970. The molecule has 3 heterocycles. The van der Waals surface area contributed by atoms with E-state index in [4.69, 9.17) is 28.9 Å². The molecule has 0 N–H and O–H groups in total. The standard InChI is InChI=1S/C19H21ClN4S2/c1-3-23-18(14-4-6-15(20)7-5-14)21-24(19(23)25)12-22-10-8-17-16(13(22)2)9-11-26-17/h4-7,9,11,13H,3,8,10,12H2,1-2H3/t13-/m1/s1. The SMILES string of the molecule is CCn1c(-c2ccc(Cl)cc2)nn(CN2CCc3sccc3[C@H]2C)c1=S. The summed E-state index contributed by atoms with van der Waals surface area (Å²) < 4.78 is 4.81. The van der Waals surface area contributed by atoms with E-state index in [9.17, 15) is 0 Å². The highest BCUT2D eigenvalue weighted by Crippen LogP contribution is 2.33. The summed E-state index contributed by atoms with van der Waals surface area (Å²) >= 11 is 13.6. The number of halogens is 1. The lowest BCUT2D eigenvalue weighted by Gasteiger charge is -2.33. The number of hydrogen-bond acceptors (Lipinski definition) is 4. The van der Waals surface area contributed by atoms with Crippen molar-refractivity contribution in [1.82, 2.24) is 19.2 Å². The van der Waals surface area contributed by atoms with Gasteiger partial charge in [-0.15, -0.1) is 11.3 Å². The van der Waals surface area contributed by atoms with Gasteiger partial charge in [0.05, 0.1) is 6.67 Å². The first kappa shape index (κ1) is 17.9. The molecule has 0 radical (unpaired) electrons. The van der Waals surface area contributed by atoms with E-state index in [2.05, 4.69) is 34.8 Å². The van der Waals surface area contributed by atoms with Crippen molar-refractivity contribution in [3.63, 3.8) is 0 Å². The molecule has 1 aliphatic rings. The van der Waals surface area contributed by atoms with E-state index in [-0.39, 0.29) is 0 Å². The second-order valence-electron chi connectivity index (χ2n) is 6.54. The largest absolute Gasteiger partial charge is 0.300 e. The number of nitrogens with zero attached hydrogens (tertiary/aromatic N) is 4. The van der Waals surface area contributed by atoms with Crippen LogP contribution in [0.4, 0.5) is 0 Å². The Hall–Kier alpha value is -1.47. The first-order chi connectivity index (χ1) is 12.6. The van der Waals surface area contributed by atoms with E-state index < -0.39 is 0 Å². The average molecular weight is 405 g/mol. The molecule has 1 aliphatic heterocycles. The van der Waals surface area contributed by atoms with Crippen molar-refractivity contribution in [3.05, 3.63) is 55.9 Å². The molecular weight excluding hydrogens is 384 g/mol. The van der Waals surface area contributed by atoms with Gasteiger partial charge in [-0.25, -0.2) is 4.68 Å². The van der Waals surface area contributed by atoms with E-state index in [1.807, 2.05) is 40.3 Å². The van der Waals surface area contributed by atoms with Gasteiger partial charge >= 0.3 is 0 Å². The maximum atomic E-state index is 6.03. The Morgan fingerprint density at radius 3 is 2.77 bits per heavy atom. The summed E-state index contributed by atoms with van der Waals surface area (Å²) in [6.07, 6.45) is 1.10. The molecule has 26 heavy (non-hydrogen) atoms. The molecule has 4 rings (SSSR count). The van der Waals surface area contributed by atoms with Gasteiger partial charge in [-0.1, -0.05) is 11.6 Å². The van der Waals surface area contributed by atoms with Gasteiger partial charge in [0.25, 0.3) is 0 Å². The van der Waals surface area contributed by atoms with Gasteiger partial charge in [0.2, 0.25) is 0 Å². The number of aromatic nitrogens is 3. The summed E-state index contributed by atoms with van der Waals surface area (Å²) in [4.78, 5) is 3.96. The lowest BCUT2D eigenvalue weighted by molar-refractivity contribution is 0.144. The van der Waals surface area contributed by atoms with Crippen LogP contribution in [0.15, 0.2) is 35.7 Å². The van der Waals surface area contributed by atoms with Crippen molar-refractivity contribution >= 4 is 35.2 Å². The molecule has 0 bridgehead atoms. The summed E-state index contributed by atoms with van der Waals surface area (Å²) in [6.45, 7) is 6.91. The number of hydrogen-bond donors (Lipinski definition) is 0. The molecule has 3 aromatic rings. The third-order valence-electron chi connectivity index (χ3n) is 5.06. The molecule has 0 aliphatic carbocycles. The van der Waals surface area contributed by atoms with Crippen LogP contribution in [0.1, 0.15) is 30.3 Å². The number of rotatable bonds is 4. The number of fused-ring (bicyclic) bond motifs is 1. The molecule has 4 nitrogen and oxygen atoms in total. The minimum absolute atomic E-state index is 0.387. The molecule has 0 saturated heterocycles. The van der Waals surface area contributed by atoms with Crippen LogP contribution in [-0.4, -0.2) is 25.8 Å². The van der Waals surface area contributed by atoms with Crippen molar-refractivity contribution in [2.45, 2.75) is 39.5 Å². The zero-order valence-corrected chi connectivity index (χ0v) is 17.2.